The molecule has 8 heteroatoms. The SMILES string of the molecule is CC(=O)c1sc2c(c1C)c(=O)nc1c(C#N)n[nH]n12. The Morgan fingerprint density at radius 2 is 2.26 bits per heavy atom. The predicted octanol–water partition coefficient (Wildman–Crippen LogP) is 1.02. The van der Waals surface area contributed by atoms with Gasteiger partial charge in [0.1, 0.15) is 10.9 Å². The summed E-state index contributed by atoms with van der Waals surface area (Å²) in [5.74, 6) is -0.105. The molecule has 0 radical (unpaired) electrons. The Kier molecular flexibility index (Phi) is 2.27. The summed E-state index contributed by atoms with van der Waals surface area (Å²) in [6, 6.07) is 1.86. The van der Waals surface area contributed by atoms with Crippen molar-refractivity contribution in [3.8, 4) is 6.07 Å². The summed E-state index contributed by atoms with van der Waals surface area (Å²) in [6.07, 6.45) is 0. The molecule has 0 unspecified atom stereocenters. The summed E-state index contributed by atoms with van der Waals surface area (Å²) < 4.78 is 1.46. The van der Waals surface area contributed by atoms with E-state index in [1.165, 1.54) is 22.8 Å². The van der Waals surface area contributed by atoms with Gasteiger partial charge in [0.2, 0.25) is 5.69 Å². The summed E-state index contributed by atoms with van der Waals surface area (Å²) in [6.45, 7) is 3.16. The lowest BCUT2D eigenvalue weighted by Crippen LogP contribution is -2.09. The van der Waals surface area contributed by atoms with Gasteiger partial charge in [-0.2, -0.15) is 10.2 Å². The maximum atomic E-state index is 12.0. The molecule has 3 aromatic heterocycles. The van der Waals surface area contributed by atoms with E-state index in [9.17, 15) is 9.59 Å². The van der Waals surface area contributed by atoms with E-state index in [1.54, 1.807) is 6.92 Å². The quantitative estimate of drug-likeness (QED) is 0.666. The van der Waals surface area contributed by atoms with Crippen LogP contribution in [0.3, 0.4) is 0 Å². The number of aryl methyl sites for hydroxylation is 1. The second-order valence-corrected chi connectivity index (χ2v) is 5.04. The Hall–Kier alpha value is -2.53. The number of Topliss-reactive ketones (excluding diaryl/α,β-unsaturated/α-hetero) is 1. The Balaban J connectivity index is 2.60. The minimum Gasteiger partial charge on any atom is -0.294 e. The number of nitriles is 1. The Labute approximate surface area is 110 Å². The van der Waals surface area contributed by atoms with E-state index in [1.807, 2.05) is 6.07 Å². The lowest BCUT2D eigenvalue weighted by atomic mass is 10.2. The number of hydrogen-bond acceptors (Lipinski definition) is 6. The van der Waals surface area contributed by atoms with Crippen molar-refractivity contribution in [3.05, 3.63) is 26.5 Å². The summed E-state index contributed by atoms with van der Waals surface area (Å²) in [4.78, 5) is 28.5. The Bertz CT molecular complexity index is 940. The maximum absolute atomic E-state index is 12.0. The second-order valence-electron chi connectivity index (χ2n) is 4.04. The Morgan fingerprint density at radius 3 is 2.89 bits per heavy atom. The monoisotopic (exact) mass is 273 g/mol. The van der Waals surface area contributed by atoms with Gasteiger partial charge in [-0.15, -0.1) is 16.4 Å². The molecule has 1 N–H and O–H groups in total. The number of H-pyrrole nitrogens is 1. The van der Waals surface area contributed by atoms with Gasteiger partial charge in [-0.1, -0.05) is 0 Å². The van der Waals surface area contributed by atoms with Crippen LogP contribution in [0.4, 0.5) is 0 Å². The minimum absolute atomic E-state index is 0.0504. The van der Waals surface area contributed by atoms with Gasteiger partial charge in [-0.05, 0) is 19.4 Å². The highest BCUT2D eigenvalue weighted by atomic mass is 32.1. The molecule has 3 rings (SSSR count). The molecular formula is C11H7N5O2S. The molecule has 0 amide bonds. The van der Waals surface area contributed by atoms with Crippen LogP contribution in [-0.2, 0) is 0 Å². The number of thiophene rings is 1. The molecule has 0 aromatic carbocycles. The van der Waals surface area contributed by atoms with Crippen LogP contribution >= 0.6 is 11.3 Å². The van der Waals surface area contributed by atoms with Gasteiger partial charge in [0.05, 0.1) is 10.3 Å². The van der Waals surface area contributed by atoms with Gasteiger partial charge in [0, 0.05) is 0 Å². The highest BCUT2D eigenvalue weighted by Gasteiger charge is 2.19. The van der Waals surface area contributed by atoms with Crippen molar-refractivity contribution in [2.45, 2.75) is 13.8 Å². The molecule has 0 spiro atoms. The highest BCUT2D eigenvalue weighted by molar-refractivity contribution is 7.20. The third-order valence-corrected chi connectivity index (χ3v) is 4.24. The van der Waals surface area contributed by atoms with E-state index in [0.717, 1.165) is 0 Å². The molecule has 0 bridgehead atoms. The smallest absolute Gasteiger partial charge is 0.282 e. The van der Waals surface area contributed by atoms with Crippen LogP contribution in [0.15, 0.2) is 4.79 Å². The molecule has 7 nitrogen and oxygen atoms in total. The van der Waals surface area contributed by atoms with Crippen LogP contribution in [0.1, 0.15) is 27.9 Å². The molecule has 0 aliphatic rings. The molecule has 19 heavy (non-hydrogen) atoms. The van der Waals surface area contributed by atoms with Crippen molar-refractivity contribution >= 4 is 33.0 Å². The fourth-order valence-corrected chi connectivity index (χ4v) is 3.17. The number of nitrogens with one attached hydrogen (secondary N) is 1. The number of carbonyl (C=O) groups is 1. The fraction of sp³-hybridized carbons (Fsp3) is 0.182. The minimum atomic E-state index is -0.450. The van der Waals surface area contributed by atoms with E-state index >= 15 is 0 Å². The lowest BCUT2D eigenvalue weighted by Gasteiger charge is -1.94. The number of ketones is 1. The van der Waals surface area contributed by atoms with Crippen molar-refractivity contribution in [2.75, 3.05) is 0 Å². The van der Waals surface area contributed by atoms with Crippen LogP contribution in [0.25, 0.3) is 15.9 Å². The van der Waals surface area contributed by atoms with Gasteiger partial charge in [0.15, 0.2) is 11.4 Å². The third-order valence-electron chi connectivity index (χ3n) is 2.86. The molecule has 0 aliphatic carbocycles. The number of rotatable bonds is 1. The van der Waals surface area contributed by atoms with Crippen LogP contribution in [0, 0.1) is 18.3 Å². The van der Waals surface area contributed by atoms with Crippen molar-refractivity contribution in [1.82, 2.24) is 19.8 Å². The van der Waals surface area contributed by atoms with E-state index in [0.29, 0.717) is 20.7 Å². The van der Waals surface area contributed by atoms with E-state index in [-0.39, 0.29) is 17.1 Å². The predicted molar refractivity (Wildman–Crippen MR) is 68.4 cm³/mol. The van der Waals surface area contributed by atoms with Crippen LogP contribution < -0.4 is 5.56 Å². The van der Waals surface area contributed by atoms with Crippen molar-refractivity contribution in [3.63, 3.8) is 0 Å². The van der Waals surface area contributed by atoms with Crippen LogP contribution in [0.5, 0.6) is 0 Å². The number of aromatic nitrogens is 4. The normalized spacial score (nSPS) is 11.0. The largest absolute Gasteiger partial charge is 0.294 e. The van der Waals surface area contributed by atoms with Crippen molar-refractivity contribution < 1.29 is 4.79 Å². The molecule has 3 heterocycles. The fourth-order valence-electron chi connectivity index (χ4n) is 2.02. The summed E-state index contributed by atoms with van der Waals surface area (Å²) in [5, 5.41) is 15.7. The zero-order valence-corrected chi connectivity index (χ0v) is 10.8. The average molecular weight is 273 g/mol. The average Bonchev–Trinajstić information content (AvgIpc) is 2.90. The zero-order valence-electron chi connectivity index (χ0n) is 10.0. The number of nitrogens with zero attached hydrogens (tertiary/aromatic N) is 4. The van der Waals surface area contributed by atoms with E-state index in [4.69, 9.17) is 5.26 Å². The van der Waals surface area contributed by atoms with Crippen molar-refractivity contribution in [1.29, 1.82) is 5.26 Å². The number of hydrogen-bond donors (Lipinski definition) is 1. The van der Waals surface area contributed by atoms with Crippen molar-refractivity contribution in [2.24, 2.45) is 0 Å². The molecule has 0 atom stereocenters. The molecule has 0 saturated carbocycles. The van der Waals surface area contributed by atoms with Gasteiger partial charge >= 0.3 is 0 Å². The number of carbonyl (C=O) groups excluding carboxylic acids is 1. The molecular weight excluding hydrogens is 266 g/mol. The maximum Gasteiger partial charge on any atom is 0.282 e. The number of aromatic amines is 1. The highest BCUT2D eigenvalue weighted by Crippen LogP contribution is 2.28. The first kappa shape index (κ1) is 11.6. The van der Waals surface area contributed by atoms with Crippen LogP contribution in [0.2, 0.25) is 0 Å². The first-order valence-corrected chi connectivity index (χ1v) is 6.17. The first-order chi connectivity index (χ1) is 9.04. The van der Waals surface area contributed by atoms with E-state index in [2.05, 4.69) is 15.3 Å². The topological polar surface area (TPSA) is 104 Å². The zero-order chi connectivity index (χ0) is 13.7. The molecule has 0 aliphatic heterocycles. The second kappa shape index (κ2) is 3.73. The molecule has 0 fully saturated rings. The summed E-state index contributed by atoms with van der Waals surface area (Å²) in [5.41, 5.74) is 0.396. The van der Waals surface area contributed by atoms with Gasteiger partial charge in [-0.3, -0.25) is 9.59 Å². The standard InChI is InChI=1S/C11H7N5O2S/c1-4-7-10(18)13-9-6(3-12)14-15-16(9)11(7)19-8(4)5(2)17/h15H,1-2H3. The van der Waals surface area contributed by atoms with Gasteiger partial charge < -0.3 is 0 Å². The molecule has 94 valence electrons. The van der Waals surface area contributed by atoms with Gasteiger partial charge in [-0.25, -0.2) is 9.73 Å². The van der Waals surface area contributed by atoms with E-state index < -0.39 is 5.56 Å². The third kappa shape index (κ3) is 1.42. The molecule has 0 saturated heterocycles. The molecule has 3 aromatic rings. The van der Waals surface area contributed by atoms with Crippen LogP contribution in [-0.4, -0.2) is 25.6 Å². The first-order valence-electron chi connectivity index (χ1n) is 5.36. The summed E-state index contributed by atoms with van der Waals surface area (Å²) >= 11 is 1.19. The van der Waals surface area contributed by atoms with Gasteiger partial charge in [0.25, 0.3) is 5.56 Å². The lowest BCUT2D eigenvalue weighted by molar-refractivity contribution is 0.102. The Morgan fingerprint density at radius 1 is 1.53 bits per heavy atom. The number of fused-ring (bicyclic) bond motifs is 3. The summed E-state index contributed by atoms with van der Waals surface area (Å²) in [7, 11) is 0.